The lowest BCUT2D eigenvalue weighted by Crippen LogP contribution is -2.42. The number of hydrogen-bond donors (Lipinski definition) is 2. The minimum atomic E-state index is 0. The fraction of sp³-hybridized carbons (Fsp3) is 0.455. The van der Waals surface area contributed by atoms with E-state index in [0.29, 0.717) is 36.8 Å². The number of likely N-dealkylation sites (tertiary alicyclic amines) is 1. The van der Waals surface area contributed by atoms with Gasteiger partial charge in [0.05, 0.1) is 13.2 Å². The molecule has 30 heavy (non-hydrogen) atoms. The molecule has 1 fully saturated rings. The Hall–Kier alpha value is -2.07. The zero-order valence-corrected chi connectivity index (χ0v) is 20.0. The van der Waals surface area contributed by atoms with E-state index in [9.17, 15) is 0 Å². The molecule has 0 bridgehead atoms. The van der Waals surface area contributed by atoms with Crippen LogP contribution in [0.1, 0.15) is 32.3 Å². The Labute approximate surface area is 196 Å². The molecule has 3 rings (SSSR count). The van der Waals surface area contributed by atoms with E-state index in [1.165, 1.54) is 19.4 Å². The predicted octanol–water partition coefficient (Wildman–Crippen LogP) is 3.78. The summed E-state index contributed by atoms with van der Waals surface area (Å²) in [6, 6.07) is 11.8. The normalized spacial score (nSPS) is 16.7. The molecule has 1 aromatic heterocycles. The molecule has 1 saturated heterocycles. The van der Waals surface area contributed by atoms with Crippen molar-refractivity contribution in [2.75, 3.05) is 26.2 Å². The summed E-state index contributed by atoms with van der Waals surface area (Å²) in [5, 5.41) is 3.26. The zero-order valence-electron chi connectivity index (χ0n) is 17.7. The molecule has 0 radical (unpaired) electrons. The van der Waals surface area contributed by atoms with Crippen molar-refractivity contribution in [1.29, 1.82) is 0 Å². The number of ether oxygens (including phenoxy) is 2. The molecule has 0 aliphatic carbocycles. The van der Waals surface area contributed by atoms with Crippen molar-refractivity contribution >= 4 is 29.9 Å². The molecule has 0 spiro atoms. The number of guanidine groups is 1. The van der Waals surface area contributed by atoms with Gasteiger partial charge >= 0.3 is 0 Å². The maximum atomic E-state index is 6.05. The van der Waals surface area contributed by atoms with Crippen molar-refractivity contribution in [3.63, 3.8) is 0 Å². The molecule has 0 amide bonds. The minimum Gasteiger partial charge on any atom is -0.494 e. The van der Waals surface area contributed by atoms with Crippen LogP contribution in [0.5, 0.6) is 17.4 Å². The van der Waals surface area contributed by atoms with Crippen LogP contribution >= 0.6 is 24.0 Å². The molecule has 1 aliphatic heterocycles. The summed E-state index contributed by atoms with van der Waals surface area (Å²) < 4.78 is 11.3. The molecule has 164 valence electrons. The van der Waals surface area contributed by atoms with Crippen LogP contribution in [0.25, 0.3) is 0 Å². The van der Waals surface area contributed by atoms with Gasteiger partial charge in [0, 0.05) is 24.8 Å². The second kappa shape index (κ2) is 12.6. The SMILES string of the molecule is CCOc1ccc(Oc2cc(CN=C(N)NCC3CCCN3CC)ccn2)cc1.I. The molecule has 2 aromatic rings. The maximum absolute atomic E-state index is 6.05. The first-order valence-corrected chi connectivity index (χ1v) is 10.3. The molecule has 3 N–H and O–H groups in total. The summed E-state index contributed by atoms with van der Waals surface area (Å²) in [6.45, 7) is 8.37. The Morgan fingerprint density at radius 2 is 2.00 bits per heavy atom. The van der Waals surface area contributed by atoms with Gasteiger partial charge in [-0.15, -0.1) is 24.0 Å². The van der Waals surface area contributed by atoms with Crippen LogP contribution in [-0.4, -0.2) is 48.1 Å². The Kier molecular flexibility index (Phi) is 10.2. The van der Waals surface area contributed by atoms with Crippen molar-refractivity contribution in [2.24, 2.45) is 10.7 Å². The molecule has 8 heteroatoms. The first kappa shape index (κ1) is 24.2. The number of pyridine rings is 1. The summed E-state index contributed by atoms with van der Waals surface area (Å²) in [5.41, 5.74) is 7.04. The van der Waals surface area contributed by atoms with E-state index >= 15 is 0 Å². The average molecular weight is 525 g/mol. The number of nitrogens with one attached hydrogen (secondary N) is 1. The molecular weight excluding hydrogens is 493 g/mol. The van der Waals surface area contributed by atoms with Gasteiger partial charge in [-0.3, -0.25) is 4.90 Å². The Morgan fingerprint density at radius 3 is 2.73 bits per heavy atom. The van der Waals surface area contributed by atoms with Gasteiger partial charge < -0.3 is 20.5 Å². The zero-order chi connectivity index (χ0) is 20.5. The van der Waals surface area contributed by atoms with Crippen LogP contribution in [0, 0.1) is 0 Å². The van der Waals surface area contributed by atoms with Crippen molar-refractivity contribution in [3.8, 4) is 17.4 Å². The molecule has 1 unspecified atom stereocenters. The monoisotopic (exact) mass is 525 g/mol. The summed E-state index contributed by atoms with van der Waals surface area (Å²) >= 11 is 0. The third-order valence-corrected chi connectivity index (χ3v) is 5.01. The Morgan fingerprint density at radius 1 is 1.23 bits per heavy atom. The van der Waals surface area contributed by atoms with E-state index in [2.05, 4.69) is 27.1 Å². The third-order valence-electron chi connectivity index (χ3n) is 5.01. The molecule has 1 aliphatic rings. The molecular formula is C22H32IN5O2. The number of rotatable bonds is 9. The summed E-state index contributed by atoms with van der Waals surface area (Å²) in [7, 11) is 0. The van der Waals surface area contributed by atoms with E-state index in [0.717, 1.165) is 24.4 Å². The fourth-order valence-corrected chi connectivity index (χ4v) is 3.49. The topological polar surface area (TPSA) is 85.0 Å². The first-order chi connectivity index (χ1) is 14.2. The summed E-state index contributed by atoms with van der Waals surface area (Å²) in [4.78, 5) is 11.2. The highest BCUT2D eigenvalue weighted by Crippen LogP contribution is 2.23. The highest BCUT2D eigenvalue weighted by atomic mass is 127. The lowest BCUT2D eigenvalue weighted by molar-refractivity contribution is 0.267. The number of hydrogen-bond acceptors (Lipinski definition) is 5. The lowest BCUT2D eigenvalue weighted by atomic mass is 10.2. The molecule has 0 saturated carbocycles. The lowest BCUT2D eigenvalue weighted by Gasteiger charge is -2.23. The number of aromatic nitrogens is 1. The summed E-state index contributed by atoms with van der Waals surface area (Å²) in [6.07, 6.45) is 4.19. The van der Waals surface area contributed by atoms with Crippen molar-refractivity contribution in [3.05, 3.63) is 48.2 Å². The maximum Gasteiger partial charge on any atom is 0.219 e. The van der Waals surface area contributed by atoms with Crippen LogP contribution < -0.4 is 20.5 Å². The number of likely N-dealkylation sites (N-methyl/N-ethyl adjacent to an activating group) is 1. The third kappa shape index (κ3) is 7.32. The van der Waals surface area contributed by atoms with Crippen molar-refractivity contribution in [2.45, 2.75) is 39.3 Å². The van der Waals surface area contributed by atoms with Crippen molar-refractivity contribution < 1.29 is 9.47 Å². The average Bonchev–Trinajstić information content (AvgIpc) is 3.20. The van der Waals surface area contributed by atoms with Gasteiger partial charge in [-0.1, -0.05) is 6.92 Å². The second-order valence-electron chi connectivity index (χ2n) is 7.02. The van der Waals surface area contributed by atoms with Gasteiger partial charge in [0.2, 0.25) is 5.88 Å². The minimum absolute atomic E-state index is 0. The quantitative estimate of drug-likeness (QED) is 0.295. The van der Waals surface area contributed by atoms with Gasteiger partial charge in [0.1, 0.15) is 11.5 Å². The summed E-state index contributed by atoms with van der Waals surface area (Å²) in [5.74, 6) is 2.52. The van der Waals surface area contributed by atoms with Gasteiger partial charge in [-0.2, -0.15) is 0 Å². The molecule has 2 heterocycles. The largest absolute Gasteiger partial charge is 0.494 e. The number of halogens is 1. The Balaban J connectivity index is 0.00000320. The van der Waals surface area contributed by atoms with E-state index in [-0.39, 0.29) is 24.0 Å². The molecule has 7 nitrogen and oxygen atoms in total. The highest BCUT2D eigenvalue weighted by molar-refractivity contribution is 14.0. The fourth-order valence-electron chi connectivity index (χ4n) is 3.49. The van der Waals surface area contributed by atoms with Crippen LogP contribution in [0.4, 0.5) is 0 Å². The van der Waals surface area contributed by atoms with Gasteiger partial charge in [0.25, 0.3) is 0 Å². The van der Waals surface area contributed by atoms with Crippen LogP contribution in [-0.2, 0) is 6.54 Å². The van der Waals surface area contributed by atoms with Gasteiger partial charge in [-0.25, -0.2) is 9.98 Å². The first-order valence-electron chi connectivity index (χ1n) is 10.3. The van der Waals surface area contributed by atoms with E-state index in [1.807, 2.05) is 43.3 Å². The predicted molar refractivity (Wildman–Crippen MR) is 131 cm³/mol. The number of benzene rings is 1. The van der Waals surface area contributed by atoms with Gasteiger partial charge in [-0.05, 0) is 68.8 Å². The van der Waals surface area contributed by atoms with E-state index in [4.69, 9.17) is 15.2 Å². The number of nitrogens with two attached hydrogens (primary N) is 1. The van der Waals surface area contributed by atoms with E-state index < -0.39 is 0 Å². The van der Waals surface area contributed by atoms with E-state index in [1.54, 1.807) is 6.20 Å². The smallest absolute Gasteiger partial charge is 0.219 e. The second-order valence-corrected chi connectivity index (χ2v) is 7.02. The Bertz CT molecular complexity index is 800. The van der Waals surface area contributed by atoms with Crippen LogP contribution in [0.2, 0.25) is 0 Å². The van der Waals surface area contributed by atoms with Crippen molar-refractivity contribution in [1.82, 2.24) is 15.2 Å². The highest BCUT2D eigenvalue weighted by Gasteiger charge is 2.22. The number of nitrogens with zero attached hydrogens (tertiary/aromatic N) is 3. The molecule has 1 aromatic carbocycles. The number of aliphatic imine (C=N–C) groups is 1. The van der Waals surface area contributed by atoms with Gasteiger partial charge in [0.15, 0.2) is 5.96 Å². The van der Waals surface area contributed by atoms with Crippen LogP contribution in [0.3, 0.4) is 0 Å². The standard InChI is InChI=1S/C22H31N5O2.HI/c1-3-27-13-5-6-18(27)16-26-22(23)25-15-17-11-12-24-21(14-17)29-20-9-7-19(8-10-20)28-4-2;/h7-12,14,18H,3-6,13,15-16H2,1-2H3,(H3,23,25,26);1H. The van der Waals surface area contributed by atoms with Crippen LogP contribution in [0.15, 0.2) is 47.6 Å². The molecule has 1 atom stereocenters.